The van der Waals surface area contributed by atoms with Gasteiger partial charge in [-0.05, 0) is 122 Å². The molecule has 0 bridgehead atoms. The number of Topliss-reactive ketones (excluding diaryl/α,β-unsaturated/α-hetero) is 7. The largest absolute Gasteiger partial charge is 0.300 e. The highest BCUT2D eigenvalue weighted by Gasteiger charge is 2.22. The van der Waals surface area contributed by atoms with Crippen LogP contribution in [0.5, 0.6) is 0 Å². The van der Waals surface area contributed by atoms with E-state index >= 15 is 0 Å². The fourth-order valence-electron chi connectivity index (χ4n) is 9.47. The molecule has 0 N–H and O–H groups in total. The zero-order valence-electron chi connectivity index (χ0n) is 39.0. The number of unbranched alkanes of at least 4 members (excludes halogenated alkanes) is 9. The van der Waals surface area contributed by atoms with Crippen molar-refractivity contribution in [3.05, 3.63) is 0 Å². The molecule has 7 nitrogen and oxygen atoms in total. The van der Waals surface area contributed by atoms with E-state index in [-0.39, 0.29) is 52.5 Å². The molecular weight excluding hydrogens is 725 g/mol. The summed E-state index contributed by atoms with van der Waals surface area (Å²) in [6.45, 7) is 14.3. The van der Waals surface area contributed by atoms with Gasteiger partial charge in [0.15, 0.2) is 0 Å². The molecule has 0 aromatic carbocycles. The van der Waals surface area contributed by atoms with Gasteiger partial charge in [-0.15, -0.1) is 0 Å². The number of rotatable bonds is 42. The molecule has 4 atom stereocenters. The Morgan fingerprint density at radius 3 is 1.10 bits per heavy atom. The topological polar surface area (TPSA) is 119 Å². The van der Waals surface area contributed by atoms with E-state index in [1.807, 2.05) is 0 Å². The van der Waals surface area contributed by atoms with E-state index in [0.717, 1.165) is 70.6 Å². The molecule has 336 valence electrons. The minimum absolute atomic E-state index is 0.0387. The minimum atomic E-state index is 0.0387. The SMILES string of the molecule is CCCCCCCCC(C)C(CCCCCCCC(=O)CCCC(CCC(CC(C)=O)CC(C)=O)CC(C)=O)CCCC(CCC(CC(C)=O)CC(C)=O)CC(C)=O. The summed E-state index contributed by atoms with van der Waals surface area (Å²) in [4.78, 5) is 84.0. The summed E-state index contributed by atoms with van der Waals surface area (Å²) < 4.78 is 0. The van der Waals surface area contributed by atoms with Crippen LogP contribution >= 0.6 is 0 Å². The van der Waals surface area contributed by atoms with Gasteiger partial charge in [-0.1, -0.05) is 110 Å². The highest BCUT2D eigenvalue weighted by molar-refractivity contribution is 5.80. The molecule has 4 unspecified atom stereocenters. The molecule has 0 aromatic heterocycles. The van der Waals surface area contributed by atoms with E-state index in [1.165, 1.54) is 70.6 Å². The van der Waals surface area contributed by atoms with E-state index in [9.17, 15) is 33.6 Å². The fourth-order valence-corrected chi connectivity index (χ4v) is 9.47. The number of carbonyl (C=O) groups excluding carboxylic acids is 7. The molecule has 58 heavy (non-hydrogen) atoms. The first-order chi connectivity index (χ1) is 27.5. The molecule has 0 aromatic rings. The van der Waals surface area contributed by atoms with Crippen LogP contribution in [-0.4, -0.2) is 40.5 Å². The third kappa shape index (κ3) is 34.5. The lowest BCUT2D eigenvalue weighted by molar-refractivity contribution is -0.121. The van der Waals surface area contributed by atoms with Crippen molar-refractivity contribution in [2.24, 2.45) is 35.5 Å². The lowest BCUT2D eigenvalue weighted by Crippen LogP contribution is -2.15. The summed E-state index contributed by atoms with van der Waals surface area (Å²) in [5, 5.41) is 0. The monoisotopic (exact) mass is 815 g/mol. The molecule has 0 rings (SSSR count). The third-order valence-corrected chi connectivity index (χ3v) is 12.5. The Bertz CT molecular complexity index is 1140. The highest BCUT2D eigenvalue weighted by atomic mass is 16.1. The van der Waals surface area contributed by atoms with E-state index in [2.05, 4.69) is 13.8 Å². The quantitative estimate of drug-likeness (QED) is 0.0563. The van der Waals surface area contributed by atoms with Crippen LogP contribution in [0.25, 0.3) is 0 Å². The predicted molar refractivity (Wildman–Crippen MR) is 240 cm³/mol. The van der Waals surface area contributed by atoms with Crippen molar-refractivity contribution in [2.75, 3.05) is 0 Å². The molecular formula is C51H90O7. The zero-order chi connectivity index (χ0) is 43.7. The van der Waals surface area contributed by atoms with Gasteiger partial charge in [0.1, 0.15) is 40.5 Å². The Morgan fingerprint density at radius 2 is 0.655 bits per heavy atom. The van der Waals surface area contributed by atoms with Gasteiger partial charge in [0, 0.05) is 51.4 Å². The van der Waals surface area contributed by atoms with Gasteiger partial charge in [0.05, 0.1) is 0 Å². The molecule has 0 heterocycles. The Hall–Kier alpha value is -2.31. The minimum Gasteiger partial charge on any atom is -0.300 e. The second-order valence-corrected chi connectivity index (χ2v) is 19.0. The first kappa shape index (κ1) is 55.7. The molecule has 0 aliphatic carbocycles. The van der Waals surface area contributed by atoms with Gasteiger partial charge in [-0.2, -0.15) is 0 Å². The molecule has 0 fully saturated rings. The van der Waals surface area contributed by atoms with E-state index in [1.54, 1.807) is 41.5 Å². The normalized spacial score (nSPS) is 13.7. The van der Waals surface area contributed by atoms with E-state index < -0.39 is 0 Å². The maximum Gasteiger partial charge on any atom is 0.132 e. The molecule has 0 saturated heterocycles. The molecule has 0 aliphatic rings. The van der Waals surface area contributed by atoms with Crippen molar-refractivity contribution in [2.45, 2.75) is 248 Å². The average Bonchev–Trinajstić information content (AvgIpc) is 3.11. The summed E-state index contributed by atoms with van der Waals surface area (Å²) in [6, 6.07) is 0. The summed E-state index contributed by atoms with van der Waals surface area (Å²) in [5.74, 6) is 3.13. The molecule has 0 radical (unpaired) electrons. The lowest BCUT2D eigenvalue weighted by atomic mass is 9.80. The van der Waals surface area contributed by atoms with Gasteiger partial charge < -0.3 is 28.8 Å². The Morgan fingerprint density at radius 1 is 0.328 bits per heavy atom. The number of carbonyl (C=O) groups is 7. The van der Waals surface area contributed by atoms with Crippen LogP contribution in [0.1, 0.15) is 248 Å². The first-order valence-corrected chi connectivity index (χ1v) is 24.0. The van der Waals surface area contributed by atoms with Crippen LogP contribution in [0.2, 0.25) is 0 Å². The summed E-state index contributed by atoms with van der Waals surface area (Å²) in [6.07, 6.45) is 28.2. The average molecular weight is 815 g/mol. The van der Waals surface area contributed by atoms with Crippen LogP contribution in [-0.2, 0) is 33.6 Å². The van der Waals surface area contributed by atoms with Crippen LogP contribution < -0.4 is 0 Å². The maximum atomic E-state index is 12.7. The highest BCUT2D eigenvalue weighted by Crippen LogP contribution is 2.32. The van der Waals surface area contributed by atoms with Crippen LogP contribution in [0, 0.1) is 35.5 Å². The van der Waals surface area contributed by atoms with Gasteiger partial charge in [0.2, 0.25) is 0 Å². The molecule has 0 aliphatic heterocycles. The molecule has 0 spiro atoms. The lowest BCUT2D eigenvalue weighted by Gasteiger charge is -2.26. The fraction of sp³-hybridized carbons (Fsp3) is 0.863. The van der Waals surface area contributed by atoms with Crippen molar-refractivity contribution < 1.29 is 33.6 Å². The van der Waals surface area contributed by atoms with Crippen LogP contribution in [0.15, 0.2) is 0 Å². The standard InChI is InChI=1S/C51H90O7/c1-9-10-11-12-14-17-22-39(2)50(26-20-23-46(33-40(3)52)29-31-48(35-42(5)54)36-43(6)55)25-18-15-13-16-19-27-51(58)28-21-24-47(34-41(4)53)30-32-49(37-44(7)56)38-45(8)57/h39,46-50H,9-38H2,1-8H3. The van der Waals surface area contributed by atoms with Crippen molar-refractivity contribution >= 4 is 40.5 Å². The maximum absolute atomic E-state index is 12.7. The second kappa shape index (κ2) is 35.4. The Kier molecular flexibility index (Phi) is 34.0. The number of hydrogen-bond acceptors (Lipinski definition) is 7. The van der Waals surface area contributed by atoms with Gasteiger partial charge in [-0.3, -0.25) is 4.79 Å². The van der Waals surface area contributed by atoms with Crippen LogP contribution in [0.4, 0.5) is 0 Å². The summed E-state index contributed by atoms with van der Waals surface area (Å²) in [7, 11) is 0. The smallest absolute Gasteiger partial charge is 0.132 e. The van der Waals surface area contributed by atoms with Gasteiger partial charge in [-0.25, -0.2) is 0 Å². The number of ketones is 7. The second-order valence-electron chi connectivity index (χ2n) is 19.0. The van der Waals surface area contributed by atoms with Gasteiger partial charge >= 0.3 is 0 Å². The van der Waals surface area contributed by atoms with Crippen LogP contribution in [0.3, 0.4) is 0 Å². The molecule has 7 heteroatoms. The van der Waals surface area contributed by atoms with Crippen molar-refractivity contribution in [1.82, 2.24) is 0 Å². The van der Waals surface area contributed by atoms with Crippen molar-refractivity contribution in [3.63, 3.8) is 0 Å². The Labute approximate surface area is 356 Å². The molecule has 0 amide bonds. The first-order valence-electron chi connectivity index (χ1n) is 24.0. The van der Waals surface area contributed by atoms with E-state index in [0.29, 0.717) is 74.9 Å². The summed E-state index contributed by atoms with van der Waals surface area (Å²) in [5.41, 5.74) is 0. The number of hydrogen-bond donors (Lipinski definition) is 0. The van der Waals surface area contributed by atoms with Gasteiger partial charge in [0.25, 0.3) is 0 Å². The van der Waals surface area contributed by atoms with E-state index in [4.69, 9.17) is 0 Å². The summed E-state index contributed by atoms with van der Waals surface area (Å²) >= 11 is 0. The van der Waals surface area contributed by atoms with Crippen molar-refractivity contribution in [3.8, 4) is 0 Å². The molecule has 0 saturated carbocycles. The van der Waals surface area contributed by atoms with Crippen molar-refractivity contribution in [1.29, 1.82) is 0 Å². The zero-order valence-corrected chi connectivity index (χ0v) is 39.0. The third-order valence-electron chi connectivity index (χ3n) is 12.5. The predicted octanol–water partition coefficient (Wildman–Crippen LogP) is 13.5. The Balaban J connectivity index is 4.91.